The molecule has 0 radical (unpaired) electrons. The first-order chi connectivity index (χ1) is 11.3. The molecule has 0 aliphatic rings. The number of halogens is 2. The third kappa shape index (κ3) is 4.77. The van der Waals surface area contributed by atoms with Crippen molar-refractivity contribution in [1.82, 2.24) is 5.32 Å². The molecule has 2 aromatic rings. The van der Waals surface area contributed by atoms with E-state index in [1.165, 1.54) is 0 Å². The number of carbonyl (C=O) groups excluding carboxylic acids is 2. The number of benzene rings is 2. The average Bonchev–Trinajstić information content (AvgIpc) is 2.47. The van der Waals surface area contributed by atoms with Crippen molar-refractivity contribution in [3.05, 3.63) is 59.7 Å². The molecule has 0 bridgehead atoms. The van der Waals surface area contributed by atoms with Crippen LogP contribution in [-0.2, 0) is 0 Å². The summed E-state index contributed by atoms with van der Waals surface area (Å²) in [5.41, 5.74) is 0.515. The molecule has 0 saturated carbocycles. The molecule has 5 nitrogen and oxygen atoms in total. The van der Waals surface area contributed by atoms with E-state index in [2.05, 4.69) is 16.0 Å². The number of anilines is 2. The van der Waals surface area contributed by atoms with Gasteiger partial charge in [0.2, 0.25) is 0 Å². The molecular formula is C17H17F2N3O2. The summed E-state index contributed by atoms with van der Waals surface area (Å²) in [7, 11) is 0. The van der Waals surface area contributed by atoms with E-state index in [1.807, 2.05) is 13.8 Å². The van der Waals surface area contributed by atoms with Gasteiger partial charge < -0.3 is 16.0 Å². The predicted octanol–water partition coefficient (Wildman–Crippen LogP) is 3.75. The lowest BCUT2D eigenvalue weighted by molar-refractivity contribution is 0.102. The SMILES string of the molecule is CC(C)NC(=O)Nc1ccccc1NC(=O)c1cc(F)cc(F)c1. The molecule has 7 heteroatoms. The van der Waals surface area contributed by atoms with Crippen LogP contribution < -0.4 is 16.0 Å². The van der Waals surface area contributed by atoms with Gasteiger partial charge >= 0.3 is 6.03 Å². The van der Waals surface area contributed by atoms with E-state index in [1.54, 1.807) is 24.3 Å². The standard InChI is InChI=1S/C17H17F2N3O2/c1-10(2)20-17(24)22-15-6-4-3-5-14(15)21-16(23)11-7-12(18)9-13(19)8-11/h3-10H,1-2H3,(H,21,23)(H2,20,22,24). The zero-order valence-corrected chi connectivity index (χ0v) is 13.2. The number of para-hydroxylation sites is 2. The van der Waals surface area contributed by atoms with Crippen molar-refractivity contribution in [2.45, 2.75) is 19.9 Å². The summed E-state index contributed by atoms with van der Waals surface area (Å²) in [5, 5.41) is 7.79. The molecule has 126 valence electrons. The first-order valence-corrected chi connectivity index (χ1v) is 7.29. The van der Waals surface area contributed by atoms with E-state index in [0.29, 0.717) is 17.4 Å². The highest BCUT2D eigenvalue weighted by Crippen LogP contribution is 2.22. The normalized spacial score (nSPS) is 10.4. The lowest BCUT2D eigenvalue weighted by atomic mass is 10.2. The Labute approximate surface area is 138 Å². The quantitative estimate of drug-likeness (QED) is 0.797. The van der Waals surface area contributed by atoms with Gasteiger partial charge in [-0.05, 0) is 38.1 Å². The Hall–Kier alpha value is -2.96. The molecule has 0 saturated heterocycles. The molecule has 0 aromatic heterocycles. The summed E-state index contributed by atoms with van der Waals surface area (Å²) in [6.45, 7) is 3.62. The lowest BCUT2D eigenvalue weighted by Gasteiger charge is -2.14. The van der Waals surface area contributed by atoms with Crippen LogP contribution >= 0.6 is 0 Å². The minimum absolute atomic E-state index is 0.0537. The third-order valence-electron chi connectivity index (χ3n) is 2.97. The molecular weight excluding hydrogens is 316 g/mol. The number of urea groups is 1. The van der Waals surface area contributed by atoms with Gasteiger partial charge in [0.1, 0.15) is 11.6 Å². The summed E-state index contributed by atoms with van der Waals surface area (Å²) >= 11 is 0. The van der Waals surface area contributed by atoms with Crippen LogP contribution in [0.1, 0.15) is 24.2 Å². The van der Waals surface area contributed by atoms with Crippen LogP contribution in [0, 0.1) is 11.6 Å². The zero-order chi connectivity index (χ0) is 17.7. The van der Waals surface area contributed by atoms with Gasteiger partial charge in [0.15, 0.2) is 0 Å². The van der Waals surface area contributed by atoms with Gasteiger partial charge in [-0.25, -0.2) is 13.6 Å². The second-order valence-corrected chi connectivity index (χ2v) is 5.41. The number of rotatable bonds is 4. The fourth-order valence-electron chi connectivity index (χ4n) is 2.00. The summed E-state index contributed by atoms with van der Waals surface area (Å²) in [6.07, 6.45) is 0. The number of hydrogen-bond donors (Lipinski definition) is 3. The average molecular weight is 333 g/mol. The van der Waals surface area contributed by atoms with Crippen molar-refractivity contribution in [3.63, 3.8) is 0 Å². The maximum absolute atomic E-state index is 13.2. The molecule has 0 heterocycles. The van der Waals surface area contributed by atoms with E-state index >= 15 is 0 Å². The first-order valence-electron chi connectivity index (χ1n) is 7.29. The summed E-state index contributed by atoms with van der Waals surface area (Å²) in [6, 6.07) is 8.57. The van der Waals surface area contributed by atoms with Crippen LogP contribution in [0.4, 0.5) is 25.0 Å². The highest BCUT2D eigenvalue weighted by molar-refractivity contribution is 6.07. The van der Waals surface area contributed by atoms with Crippen LogP contribution in [0.3, 0.4) is 0 Å². The van der Waals surface area contributed by atoms with Crippen molar-refractivity contribution < 1.29 is 18.4 Å². The van der Waals surface area contributed by atoms with Crippen molar-refractivity contribution in [3.8, 4) is 0 Å². The molecule has 0 aliphatic heterocycles. The second-order valence-electron chi connectivity index (χ2n) is 5.41. The molecule has 3 N–H and O–H groups in total. The van der Waals surface area contributed by atoms with Crippen LogP contribution in [0.2, 0.25) is 0 Å². The first kappa shape index (κ1) is 17.4. The molecule has 0 atom stereocenters. The van der Waals surface area contributed by atoms with Gasteiger partial charge in [-0.3, -0.25) is 4.79 Å². The number of amides is 3. The largest absolute Gasteiger partial charge is 0.336 e. The van der Waals surface area contributed by atoms with Crippen LogP contribution in [0.15, 0.2) is 42.5 Å². The minimum atomic E-state index is -0.845. The molecule has 2 aromatic carbocycles. The number of carbonyl (C=O) groups is 2. The van der Waals surface area contributed by atoms with E-state index in [-0.39, 0.29) is 11.6 Å². The maximum atomic E-state index is 13.2. The molecule has 0 aliphatic carbocycles. The second kappa shape index (κ2) is 7.54. The maximum Gasteiger partial charge on any atom is 0.319 e. The highest BCUT2D eigenvalue weighted by atomic mass is 19.1. The van der Waals surface area contributed by atoms with Crippen molar-refractivity contribution in [2.75, 3.05) is 10.6 Å². The van der Waals surface area contributed by atoms with Crippen molar-refractivity contribution >= 4 is 23.3 Å². The predicted molar refractivity (Wildman–Crippen MR) is 88.0 cm³/mol. The topological polar surface area (TPSA) is 70.2 Å². The summed E-state index contributed by atoms with van der Waals surface area (Å²) in [5.74, 6) is -2.38. The Morgan fingerprint density at radius 1 is 0.917 bits per heavy atom. The minimum Gasteiger partial charge on any atom is -0.336 e. The third-order valence-corrected chi connectivity index (χ3v) is 2.97. The number of nitrogens with one attached hydrogen (secondary N) is 3. The Morgan fingerprint density at radius 2 is 1.46 bits per heavy atom. The van der Waals surface area contributed by atoms with E-state index in [4.69, 9.17) is 0 Å². The van der Waals surface area contributed by atoms with Gasteiger partial charge in [-0.15, -0.1) is 0 Å². The van der Waals surface area contributed by atoms with Gasteiger partial charge in [-0.2, -0.15) is 0 Å². The Bertz CT molecular complexity index is 743. The Morgan fingerprint density at radius 3 is 2.00 bits per heavy atom. The summed E-state index contributed by atoms with van der Waals surface area (Å²) in [4.78, 5) is 23.9. The molecule has 24 heavy (non-hydrogen) atoms. The van der Waals surface area contributed by atoms with Gasteiger partial charge in [-0.1, -0.05) is 12.1 Å². The van der Waals surface area contributed by atoms with Crippen LogP contribution in [-0.4, -0.2) is 18.0 Å². The number of hydrogen-bond acceptors (Lipinski definition) is 2. The van der Waals surface area contributed by atoms with Crippen molar-refractivity contribution in [2.24, 2.45) is 0 Å². The highest BCUT2D eigenvalue weighted by Gasteiger charge is 2.13. The zero-order valence-electron chi connectivity index (χ0n) is 13.2. The Balaban J connectivity index is 2.17. The van der Waals surface area contributed by atoms with E-state index in [9.17, 15) is 18.4 Å². The molecule has 3 amide bonds. The van der Waals surface area contributed by atoms with E-state index < -0.39 is 23.6 Å². The van der Waals surface area contributed by atoms with Gasteiger partial charge in [0, 0.05) is 17.7 Å². The fourth-order valence-corrected chi connectivity index (χ4v) is 2.00. The van der Waals surface area contributed by atoms with Crippen LogP contribution in [0.25, 0.3) is 0 Å². The lowest BCUT2D eigenvalue weighted by Crippen LogP contribution is -2.34. The molecule has 0 unspecified atom stereocenters. The molecule has 2 rings (SSSR count). The Kier molecular flexibility index (Phi) is 5.47. The van der Waals surface area contributed by atoms with Gasteiger partial charge in [0.25, 0.3) is 5.91 Å². The van der Waals surface area contributed by atoms with Crippen LogP contribution in [0.5, 0.6) is 0 Å². The molecule has 0 spiro atoms. The smallest absolute Gasteiger partial charge is 0.319 e. The molecule has 0 fully saturated rings. The fraction of sp³-hybridized carbons (Fsp3) is 0.176. The monoisotopic (exact) mass is 333 g/mol. The van der Waals surface area contributed by atoms with Gasteiger partial charge in [0.05, 0.1) is 11.4 Å². The summed E-state index contributed by atoms with van der Waals surface area (Å²) < 4.78 is 26.4. The van der Waals surface area contributed by atoms with Crippen molar-refractivity contribution in [1.29, 1.82) is 0 Å². The van der Waals surface area contributed by atoms with E-state index in [0.717, 1.165) is 12.1 Å².